The molecule has 138 valence electrons. The zero-order chi connectivity index (χ0) is 17.5. The number of morpholine rings is 1. The zero-order valence-electron chi connectivity index (χ0n) is 15.2. The van der Waals surface area contributed by atoms with E-state index in [1.807, 2.05) is 25.1 Å². The minimum absolute atomic E-state index is 0.0242. The molecule has 25 heavy (non-hydrogen) atoms. The Kier molecular flexibility index (Phi) is 6.84. The minimum Gasteiger partial charge on any atom is -0.379 e. The number of rotatable bonds is 7. The van der Waals surface area contributed by atoms with Crippen LogP contribution in [0, 0.1) is 0 Å². The third-order valence-corrected chi connectivity index (χ3v) is 5.10. The summed E-state index contributed by atoms with van der Waals surface area (Å²) in [5, 5.41) is 3.10. The van der Waals surface area contributed by atoms with Crippen LogP contribution in [0.3, 0.4) is 0 Å². The van der Waals surface area contributed by atoms with Crippen LogP contribution in [-0.4, -0.2) is 49.3 Å². The number of hydrogen-bond donors (Lipinski definition) is 1. The number of hydrogen-bond acceptors (Lipinski definition) is 4. The summed E-state index contributed by atoms with van der Waals surface area (Å²) in [6, 6.07) is 8.06. The molecule has 1 aliphatic carbocycles. The maximum absolute atomic E-state index is 12.7. The standard InChI is InChI=1S/C20H30N2O3/c1-2-19(25-17-8-4-5-9-17)20(23)21-18-10-6-3-7-16(18)15-22-11-13-24-14-12-22/h3,6-7,10,17,19H,2,4-5,8-9,11-15H2,1H3,(H,21,23)/t19-/m1/s1. The molecule has 2 aliphatic rings. The highest BCUT2D eigenvalue weighted by molar-refractivity contribution is 5.94. The topological polar surface area (TPSA) is 50.8 Å². The van der Waals surface area contributed by atoms with Gasteiger partial charge in [0.25, 0.3) is 5.91 Å². The average molecular weight is 346 g/mol. The summed E-state index contributed by atoms with van der Waals surface area (Å²) >= 11 is 0. The van der Waals surface area contributed by atoms with Gasteiger partial charge in [0.15, 0.2) is 0 Å². The van der Waals surface area contributed by atoms with Crippen LogP contribution in [0.5, 0.6) is 0 Å². The van der Waals surface area contributed by atoms with Gasteiger partial charge in [-0.25, -0.2) is 0 Å². The molecule has 0 aromatic heterocycles. The molecule has 1 aromatic rings. The first-order valence-corrected chi connectivity index (χ1v) is 9.60. The number of nitrogens with zero attached hydrogens (tertiary/aromatic N) is 1. The van der Waals surface area contributed by atoms with Crippen molar-refractivity contribution in [3.8, 4) is 0 Å². The lowest BCUT2D eigenvalue weighted by Crippen LogP contribution is -2.36. The SMILES string of the molecule is CC[C@@H](OC1CCCC1)C(=O)Nc1ccccc1CN1CCOCC1. The minimum atomic E-state index is -0.362. The second-order valence-corrected chi connectivity index (χ2v) is 6.97. The van der Waals surface area contributed by atoms with Crippen molar-refractivity contribution in [2.75, 3.05) is 31.6 Å². The molecule has 0 spiro atoms. The molecule has 0 unspecified atom stereocenters. The van der Waals surface area contributed by atoms with Crippen molar-refractivity contribution in [1.29, 1.82) is 0 Å². The Labute approximate surface area is 150 Å². The van der Waals surface area contributed by atoms with Crippen molar-refractivity contribution in [2.45, 2.75) is 57.8 Å². The van der Waals surface area contributed by atoms with E-state index < -0.39 is 0 Å². The summed E-state index contributed by atoms with van der Waals surface area (Å²) in [4.78, 5) is 15.1. The van der Waals surface area contributed by atoms with Gasteiger partial charge in [-0.15, -0.1) is 0 Å². The summed E-state index contributed by atoms with van der Waals surface area (Å²) < 4.78 is 11.5. The zero-order valence-corrected chi connectivity index (χ0v) is 15.2. The average Bonchev–Trinajstić information content (AvgIpc) is 3.15. The number of carbonyl (C=O) groups is 1. The molecular formula is C20H30N2O3. The van der Waals surface area contributed by atoms with Gasteiger partial charge in [0.2, 0.25) is 0 Å². The molecule has 0 radical (unpaired) electrons. The molecule has 1 saturated heterocycles. The quantitative estimate of drug-likeness (QED) is 0.824. The summed E-state index contributed by atoms with van der Waals surface area (Å²) in [6.45, 7) is 6.28. The van der Waals surface area contributed by atoms with E-state index in [1.54, 1.807) is 0 Å². The Morgan fingerprint density at radius 1 is 1.28 bits per heavy atom. The Bertz CT molecular complexity index is 552. The summed E-state index contributed by atoms with van der Waals surface area (Å²) in [5.41, 5.74) is 2.04. The number of nitrogens with one attached hydrogen (secondary N) is 1. The van der Waals surface area contributed by atoms with E-state index in [4.69, 9.17) is 9.47 Å². The van der Waals surface area contributed by atoms with Gasteiger partial charge in [-0.2, -0.15) is 0 Å². The maximum Gasteiger partial charge on any atom is 0.253 e. The molecule has 0 bridgehead atoms. The van der Waals surface area contributed by atoms with E-state index in [0.717, 1.165) is 56.9 Å². The third-order valence-electron chi connectivity index (χ3n) is 5.10. The van der Waals surface area contributed by atoms with E-state index in [1.165, 1.54) is 12.8 Å². The van der Waals surface area contributed by atoms with Crippen LogP contribution >= 0.6 is 0 Å². The number of para-hydroxylation sites is 1. The Hall–Kier alpha value is -1.43. The fraction of sp³-hybridized carbons (Fsp3) is 0.650. The molecule has 1 aromatic carbocycles. The molecule has 1 aliphatic heterocycles. The number of amides is 1. The first kappa shape index (κ1) is 18.4. The molecule has 3 rings (SSSR count). The molecule has 1 heterocycles. The highest BCUT2D eigenvalue weighted by Crippen LogP contribution is 2.24. The van der Waals surface area contributed by atoms with Crippen molar-refractivity contribution in [3.05, 3.63) is 29.8 Å². The highest BCUT2D eigenvalue weighted by Gasteiger charge is 2.25. The van der Waals surface area contributed by atoms with E-state index in [2.05, 4.69) is 16.3 Å². The number of ether oxygens (including phenoxy) is 2. The number of carbonyl (C=O) groups excluding carboxylic acids is 1. The lowest BCUT2D eigenvalue weighted by molar-refractivity contribution is -0.131. The van der Waals surface area contributed by atoms with Crippen LogP contribution in [0.1, 0.15) is 44.6 Å². The lowest BCUT2D eigenvalue weighted by Gasteiger charge is -2.27. The fourth-order valence-corrected chi connectivity index (χ4v) is 3.59. The molecule has 2 fully saturated rings. The summed E-state index contributed by atoms with van der Waals surface area (Å²) in [5.74, 6) is -0.0242. The second-order valence-electron chi connectivity index (χ2n) is 6.97. The Morgan fingerprint density at radius 3 is 2.72 bits per heavy atom. The fourth-order valence-electron chi connectivity index (χ4n) is 3.59. The van der Waals surface area contributed by atoms with Gasteiger partial charge in [0.1, 0.15) is 6.10 Å². The lowest BCUT2D eigenvalue weighted by atomic mass is 10.1. The highest BCUT2D eigenvalue weighted by atomic mass is 16.5. The van der Waals surface area contributed by atoms with Crippen LogP contribution in [0.15, 0.2) is 24.3 Å². The van der Waals surface area contributed by atoms with E-state index in [9.17, 15) is 4.79 Å². The van der Waals surface area contributed by atoms with Crippen LogP contribution in [0.25, 0.3) is 0 Å². The molecule has 1 N–H and O–H groups in total. The summed E-state index contributed by atoms with van der Waals surface area (Å²) in [7, 11) is 0. The predicted octanol–water partition coefficient (Wildman–Crippen LogP) is 3.20. The van der Waals surface area contributed by atoms with E-state index in [0.29, 0.717) is 6.42 Å². The van der Waals surface area contributed by atoms with Crippen molar-refractivity contribution in [2.24, 2.45) is 0 Å². The Morgan fingerprint density at radius 2 is 2.00 bits per heavy atom. The second kappa shape index (κ2) is 9.32. The van der Waals surface area contributed by atoms with E-state index >= 15 is 0 Å². The third kappa shape index (κ3) is 5.27. The first-order valence-electron chi connectivity index (χ1n) is 9.60. The van der Waals surface area contributed by atoms with Gasteiger partial charge in [0.05, 0.1) is 19.3 Å². The monoisotopic (exact) mass is 346 g/mol. The molecule has 5 heteroatoms. The van der Waals surface area contributed by atoms with Gasteiger partial charge >= 0.3 is 0 Å². The first-order chi connectivity index (χ1) is 12.3. The smallest absolute Gasteiger partial charge is 0.253 e. The Balaban J connectivity index is 1.61. The van der Waals surface area contributed by atoms with Gasteiger partial charge in [-0.1, -0.05) is 38.0 Å². The van der Waals surface area contributed by atoms with Gasteiger partial charge in [0, 0.05) is 25.3 Å². The van der Waals surface area contributed by atoms with Crippen molar-refractivity contribution in [1.82, 2.24) is 4.90 Å². The normalized spacial score (nSPS) is 20.5. The number of benzene rings is 1. The maximum atomic E-state index is 12.7. The molecule has 1 amide bonds. The van der Waals surface area contributed by atoms with Gasteiger partial charge in [-0.3, -0.25) is 9.69 Å². The van der Waals surface area contributed by atoms with Crippen LogP contribution in [0.4, 0.5) is 5.69 Å². The van der Waals surface area contributed by atoms with E-state index in [-0.39, 0.29) is 18.1 Å². The molecule has 1 atom stereocenters. The number of anilines is 1. The van der Waals surface area contributed by atoms with Crippen molar-refractivity contribution in [3.63, 3.8) is 0 Å². The van der Waals surface area contributed by atoms with Crippen LogP contribution in [0.2, 0.25) is 0 Å². The molecular weight excluding hydrogens is 316 g/mol. The largest absolute Gasteiger partial charge is 0.379 e. The van der Waals surface area contributed by atoms with Crippen LogP contribution in [-0.2, 0) is 20.8 Å². The van der Waals surface area contributed by atoms with Crippen molar-refractivity contribution >= 4 is 11.6 Å². The van der Waals surface area contributed by atoms with Gasteiger partial charge in [-0.05, 0) is 30.9 Å². The predicted molar refractivity (Wildman–Crippen MR) is 98.6 cm³/mol. The molecule has 1 saturated carbocycles. The van der Waals surface area contributed by atoms with Crippen molar-refractivity contribution < 1.29 is 14.3 Å². The summed E-state index contributed by atoms with van der Waals surface area (Å²) in [6.07, 6.45) is 5.18. The van der Waals surface area contributed by atoms with Gasteiger partial charge < -0.3 is 14.8 Å². The van der Waals surface area contributed by atoms with Crippen LogP contribution < -0.4 is 5.32 Å². The molecule has 5 nitrogen and oxygen atoms in total.